The largest absolute Gasteiger partial charge is 0.444 e. The number of ether oxygens (including phenoxy) is 1. The van der Waals surface area contributed by atoms with Crippen LogP contribution in [0, 0.1) is 13.8 Å². The molecule has 0 aromatic heterocycles. The first-order chi connectivity index (χ1) is 14.5. The SMILES string of the molecule is CCCCCNC(=O)C(c1c(C)cccc1C)N(CC)C(=O)CNC(=O)OC(C)(C)C. The van der Waals surface area contributed by atoms with Gasteiger partial charge in [0, 0.05) is 13.1 Å². The van der Waals surface area contributed by atoms with Gasteiger partial charge in [0.05, 0.1) is 0 Å². The molecule has 0 heterocycles. The maximum Gasteiger partial charge on any atom is 0.408 e. The van der Waals surface area contributed by atoms with Gasteiger partial charge in [-0.15, -0.1) is 0 Å². The van der Waals surface area contributed by atoms with Crippen LogP contribution in [0.4, 0.5) is 4.79 Å². The van der Waals surface area contributed by atoms with Crippen molar-refractivity contribution in [2.45, 2.75) is 79.4 Å². The molecule has 0 bridgehead atoms. The van der Waals surface area contributed by atoms with E-state index in [1.54, 1.807) is 20.8 Å². The molecule has 0 saturated heterocycles. The highest BCUT2D eigenvalue weighted by Gasteiger charge is 2.32. The van der Waals surface area contributed by atoms with E-state index in [4.69, 9.17) is 4.74 Å². The van der Waals surface area contributed by atoms with Crippen LogP contribution in [0.5, 0.6) is 0 Å². The molecule has 3 amide bonds. The lowest BCUT2D eigenvalue weighted by Crippen LogP contribution is -2.48. The Morgan fingerprint density at radius 3 is 2.16 bits per heavy atom. The lowest BCUT2D eigenvalue weighted by molar-refractivity contribution is -0.140. The average molecular weight is 434 g/mol. The standard InChI is InChI=1S/C24H39N3O4/c1-8-10-11-15-25-22(29)21(20-17(3)13-12-14-18(20)4)27(9-2)19(28)16-26-23(30)31-24(5,6)7/h12-14,21H,8-11,15-16H2,1-7H3,(H,25,29)(H,26,30). The summed E-state index contributed by atoms with van der Waals surface area (Å²) in [7, 11) is 0. The first kappa shape index (κ1) is 26.5. The van der Waals surface area contributed by atoms with Crippen LogP contribution in [-0.4, -0.2) is 48.0 Å². The van der Waals surface area contributed by atoms with Gasteiger partial charge in [-0.1, -0.05) is 38.0 Å². The number of unbranched alkanes of at least 4 members (excludes halogenated alkanes) is 2. The number of carbonyl (C=O) groups excluding carboxylic acids is 3. The van der Waals surface area contributed by atoms with Crippen LogP contribution in [0.1, 0.15) is 76.6 Å². The fourth-order valence-electron chi connectivity index (χ4n) is 3.44. The summed E-state index contributed by atoms with van der Waals surface area (Å²) in [6.07, 6.45) is 2.32. The first-order valence-corrected chi connectivity index (χ1v) is 11.1. The molecule has 0 aliphatic carbocycles. The predicted octanol–water partition coefficient (Wildman–Crippen LogP) is 4.02. The second-order valence-electron chi connectivity index (χ2n) is 8.74. The summed E-state index contributed by atoms with van der Waals surface area (Å²) < 4.78 is 5.21. The van der Waals surface area contributed by atoms with Crippen molar-refractivity contribution >= 4 is 17.9 Å². The number of rotatable bonds is 10. The van der Waals surface area contributed by atoms with E-state index in [-0.39, 0.29) is 18.4 Å². The van der Waals surface area contributed by atoms with Gasteiger partial charge in [-0.05, 0) is 64.7 Å². The summed E-state index contributed by atoms with van der Waals surface area (Å²) in [5.74, 6) is -0.550. The molecule has 31 heavy (non-hydrogen) atoms. The average Bonchev–Trinajstić information content (AvgIpc) is 2.67. The Bertz CT molecular complexity index is 735. The van der Waals surface area contributed by atoms with Crippen molar-refractivity contribution in [3.8, 4) is 0 Å². The van der Waals surface area contributed by atoms with E-state index < -0.39 is 17.7 Å². The summed E-state index contributed by atoms with van der Waals surface area (Å²) >= 11 is 0. The minimum atomic E-state index is -0.763. The Kier molecular flexibility index (Phi) is 10.5. The van der Waals surface area contributed by atoms with Crippen LogP contribution < -0.4 is 10.6 Å². The van der Waals surface area contributed by atoms with E-state index in [0.717, 1.165) is 36.0 Å². The molecule has 1 aromatic carbocycles. The third-order valence-electron chi connectivity index (χ3n) is 4.90. The van der Waals surface area contributed by atoms with Gasteiger partial charge in [0.15, 0.2) is 0 Å². The summed E-state index contributed by atoms with van der Waals surface area (Å²) in [5.41, 5.74) is 2.06. The molecule has 2 N–H and O–H groups in total. The van der Waals surface area contributed by atoms with Crippen molar-refractivity contribution in [3.63, 3.8) is 0 Å². The van der Waals surface area contributed by atoms with Crippen LogP contribution in [0.2, 0.25) is 0 Å². The van der Waals surface area contributed by atoms with Crippen LogP contribution in [0.3, 0.4) is 0 Å². The molecule has 0 fully saturated rings. The lowest BCUT2D eigenvalue weighted by atomic mass is 9.94. The number of aryl methyl sites for hydroxylation is 2. The molecule has 0 aliphatic heterocycles. The topological polar surface area (TPSA) is 87.7 Å². The molecular weight excluding hydrogens is 394 g/mol. The van der Waals surface area contributed by atoms with Crippen molar-refractivity contribution in [2.24, 2.45) is 0 Å². The van der Waals surface area contributed by atoms with E-state index >= 15 is 0 Å². The third kappa shape index (κ3) is 8.59. The highest BCUT2D eigenvalue weighted by Crippen LogP contribution is 2.27. The van der Waals surface area contributed by atoms with Crippen molar-refractivity contribution in [1.29, 1.82) is 0 Å². The minimum Gasteiger partial charge on any atom is -0.444 e. The van der Waals surface area contributed by atoms with Gasteiger partial charge < -0.3 is 20.3 Å². The Morgan fingerprint density at radius 1 is 1.03 bits per heavy atom. The fourth-order valence-corrected chi connectivity index (χ4v) is 3.44. The van der Waals surface area contributed by atoms with Crippen molar-refractivity contribution < 1.29 is 19.1 Å². The number of benzene rings is 1. The number of likely N-dealkylation sites (N-methyl/N-ethyl adjacent to an activating group) is 1. The molecule has 174 valence electrons. The Morgan fingerprint density at radius 2 is 1.65 bits per heavy atom. The van der Waals surface area contributed by atoms with Crippen molar-refractivity contribution in [1.82, 2.24) is 15.5 Å². The molecule has 1 rings (SSSR count). The number of hydrogen-bond acceptors (Lipinski definition) is 4. The molecule has 0 spiro atoms. The maximum absolute atomic E-state index is 13.2. The zero-order valence-corrected chi connectivity index (χ0v) is 20.1. The third-order valence-corrected chi connectivity index (χ3v) is 4.90. The summed E-state index contributed by atoms with van der Waals surface area (Å²) in [4.78, 5) is 39.8. The fraction of sp³-hybridized carbons (Fsp3) is 0.625. The molecule has 1 atom stereocenters. The first-order valence-electron chi connectivity index (χ1n) is 11.1. The van der Waals surface area contributed by atoms with Crippen LogP contribution >= 0.6 is 0 Å². The molecular formula is C24H39N3O4. The van der Waals surface area contributed by atoms with Crippen molar-refractivity contribution in [3.05, 3.63) is 34.9 Å². The van der Waals surface area contributed by atoms with E-state index in [1.807, 2.05) is 39.0 Å². The second kappa shape index (κ2) is 12.3. The minimum absolute atomic E-state index is 0.207. The van der Waals surface area contributed by atoms with Crippen molar-refractivity contribution in [2.75, 3.05) is 19.6 Å². The second-order valence-corrected chi connectivity index (χ2v) is 8.74. The highest BCUT2D eigenvalue weighted by atomic mass is 16.6. The number of hydrogen-bond donors (Lipinski definition) is 2. The summed E-state index contributed by atoms with van der Waals surface area (Å²) in [6.45, 7) is 13.7. The monoisotopic (exact) mass is 433 g/mol. The van der Waals surface area contributed by atoms with Gasteiger partial charge >= 0.3 is 6.09 Å². The molecule has 0 radical (unpaired) electrons. The molecule has 0 saturated carbocycles. The van der Waals surface area contributed by atoms with Crippen LogP contribution in [0.15, 0.2) is 18.2 Å². The summed E-state index contributed by atoms with van der Waals surface area (Å²) in [5, 5.41) is 5.50. The highest BCUT2D eigenvalue weighted by molar-refractivity contribution is 5.91. The maximum atomic E-state index is 13.2. The van der Waals surface area contributed by atoms with Crippen LogP contribution in [0.25, 0.3) is 0 Å². The van der Waals surface area contributed by atoms with Gasteiger partial charge in [-0.2, -0.15) is 0 Å². The van der Waals surface area contributed by atoms with Gasteiger partial charge in [0.2, 0.25) is 11.8 Å². The van der Waals surface area contributed by atoms with Gasteiger partial charge in [0.1, 0.15) is 18.2 Å². The van der Waals surface area contributed by atoms with E-state index in [1.165, 1.54) is 4.90 Å². The normalized spacial score (nSPS) is 12.1. The quantitative estimate of drug-likeness (QED) is 0.546. The summed E-state index contributed by atoms with van der Waals surface area (Å²) in [6, 6.07) is 5.06. The number of nitrogens with zero attached hydrogens (tertiary/aromatic N) is 1. The number of carbonyl (C=O) groups is 3. The van der Waals surface area contributed by atoms with Crippen LogP contribution in [-0.2, 0) is 14.3 Å². The number of amides is 3. The lowest BCUT2D eigenvalue weighted by Gasteiger charge is -2.32. The Hall–Kier alpha value is -2.57. The number of alkyl carbamates (subject to hydrolysis) is 1. The van der Waals surface area contributed by atoms with Gasteiger partial charge in [-0.25, -0.2) is 4.79 Å². The molecule has 7 nitrogen and oxygen atoms in total. The Balaban J connectivity index is 3.09. The molecule has 1 unspecified atom stereocenters. The zero-order valence-electron chi connectivity index (χ0n) is 20.1. The molecule has 1 aromatic rings. The Labute approximate surface area is 186 Å². The van der Waals surface area contributed by atoms with Gasteiger partial charge in [-0.3, -0.25) is 9.59 Å². The molecule has 0 aliphatic rings. The zero-order chi connectivity index (χ0) is 23.6. The number of nitrogens with one attached hydrogen (secondary N) is 2. The van der Waals surface area contributed by atoms with E-state index in [0.29, 0.717) is 13.1 Å². The van der Waals surface area contributed by atoms with E-state index in [9.17, 15) is 14.4 Å². The van der Waals surface area contributed by atoms with E-state index in [2.05, 4.69) is 17.6 Å². The molecule has 7 heteroatoms. The smallest absolute Gasteiger partial charge is 0.408 e. The van der Waals surface area contributed by atoms with Gasteiger partial charge in [0.25, 0.3) is 0 Å². The predicted molar refractivity (Wildman–Crippen MR) is 123 cm³/mol.